The maximum absolute atomic E-state index is 12.2. The minimum Gasteiger partial charge on any atom is -0.315 e. The molecule has 0 aliphatic carbocycles. The minimum atomic E-state index is -3.50. The Kier molecular flexibility index (Phi) is 6.56. The molecular weight excluding hydrogens is 375 g/mol. The van der Waals surface area contributed by atoms with Gasteiger partial charge < -0.3 is 5.32 Å². The van der Waals surface area contributed by atoms with Crippen LogP contribution in [0, 0.1) is 0 Å². The Bertz CT molecular complexity index is 533. The van der Waals surface area contributed by atoms with Gasteiger partial charge >= 0.3 is 0 Å². The zero-order valence-electron chi connectivity index (χ0n) is 10.0. The fourth-order valence-corrected chi connectivity index (χ4v) is 4.58. The van der Waals surface area contributed by atoms with Crippen molar-refractivity contribution >= 4 is 50.0 Å². The Hall–Kier alpha value is 0.150. The number of halogens is 3. The molecule has 1 atom stereocenters. The van der Waals surface area contributed by atoms with Gasteiger partial charge in [0.1, 0.15) is 0 Å². The van der Waals surface area contributed by atoms with Crippen molar-refractivity contribution in [2.75, 3.05) is 13.1 Å². The van der Waals surface area contributed by atoms with E-state index in [0.717, 1.165) is 19.4 Å². The van der Waals surface area contributed by atoms with Crippen LogP contribution in [-0.4, -0.2) is 27.5 Å². The molecule has 19 heavy (non-hydrogen) atoms. The molecule has 1 aromatic rings. The fraction of sp³-hybridized carbons (Fsp3) is 0.455. The fourth-order valence-electron chi connectivity index (χ4n) is 1.93. The first-order valence-electron chi connectivity index (χ1n) is 5.67. The third-order valence-corrected chi connectivity index (χ3v) is 5.53. The number of piperidine rings is 1. The summed E-state index contributed by atoms with van der Waals surface area (Å²) in [6.07, 6.45) is 1.84. The number of sulfonamides is 1. The van der Waals surface area contributed by atoms with Crippen molar-refractivity contribution in [1.82, 2.24) is 10.0 Å². The highest BCUT2D eigenvalue weighted by Crippen LogP contribution is 2.25. The van der Waals surface area contributed by atoms with Gasteiger partial charge in [-0.3, -0.25) is 0 Å². The number of rotatable bonds is 3. The van der Waals surface area contributed by atoms with Crippen molar-refractivity contribution in [3.05, 3.63) is 27.7 Å². The molecule has 2 N–H and O–H groups in total. The molecular formula is C11H15BrCl2N2O2S. The molecule has 1 aliphatic rings. The quantitative estimate of drug-likeness (QED) is 0.835. The van der Waals surface area contributed by atoms with Gasteiger partial charge in [0.2, 0.25) is 10.0 Å². The zero-order valence-corrected chi connectivity index (χ0v) is 14.0. The molecule has 0 amide bonds. The Balaban J connectivity index is 0.00000180. The number of nitrogens with one attached hydrogen (secondary N) is 2. The molecule has 0 aromatic heterocycles. The maximum Gasteiger partial charge on any atom is 0.241 e. The van der Waals surface area contributed by atoms with Crippen molar-refractivity contribution < 1.29 is 8.42 Å². The van der Waals surface area contributed by atoms with E-state index in [4.69, 9.17) is 11.6 Å². The van der Waals surface area contributed by atoms with Gasteiger partial charge in [-0.1, -0.05) is 11.6 Å². The second-order valence-electron chi connectivity index (χ2n) is 4.24. The Morgan fingerprint density at radius 1 is 1.42 bits per heavy atom. The smallest absolute Gasteiger partial charge is 0.241 e. The summed E-state index contributed by atoms with van der Waals surface area (Å²) in [5.41, 5.74) is 0. The molecule has 0 radical (unpaired) electrons. The summed E-state index contributed by atoms with van der Waals surface area (Å²) < 4.78 is 27.6. The molecule has 0 bridgehead atoms. The highest BCUT2D eigenvalue weighted by Gasteiger charge is 2.23. The normalized spacial score (nSPS) is 19.8. The van der Waals surface area contributed by atoms with Crippen LogP contribution in [0.2, 0.25) is 5.02 Å². The molecule has 1 fully saturated rings. The van der Waals surface area contributed by atoms with Gasteiger partial charge in [0.25, 0.3) is 0 Å². The van der Waals surface area contributed by atoms with Crippen LogP contribution >= 0.6 is 39.9 Å². The predicted octanol–water partition coefficient (Wildman–Crippen LogP) is 2.55. The maximum atomic E-state index is 12.2. The number of hydrogen-bond acceptors (Lipinski definition) is 3. The van der Waals surface area contributed by atoms with Gasteiger partial charge in [-0.15, -0.1) is 12.4 Å². The summed E-state index contributed by atoms with van der Waals surface area (Å²) in [4.78, 5) is 0.220. The minimum absolute atomic E-state index is 0. The third-order valence-electron chi connectivity index (χ3n) is 2.80. The molecule has 1 heterocycles. The van der Waals surface area contributed by atoms with E-state index in [9.17, 15) is 8.42 Å². The summed E-state index contributed by atoms with van der Waals surface area (Å²) in [5.74, 6) is 0. The van der Waals surface area contributed by atoms with Crippen molar-refractivity contribution in [1.29, 1.82) is 0 Å². The summed E-state index contributed by atoms with van der Waals surface area (Å²) in [5, 5.41) is 3.67. The summed E-state index contributed by atoms with van der Waals surface area (Å²) in [6, 6.07) is 4.60. The highest BCUT2D eigenvalue weighted by atomic mass is 79.9. The Morgan fingerprint density at radius 3 is 2.74 bits per heavy atom. The predicted molar refractivity (Wildman–Crippen MR) is 82.6 cm³/mol. The van der Waals surface area contributed by atoms with Crippen LogP contribution in [-0.2, 0) is 10.0 Å². The zero-order chi connectivity index (χ0) is 13.2. The topological polar surface area (TPSA) is 58.2 Å². The molecule has 8 heteroatoms. The third kappa shape index (κ3) is 4.58. The molecule has 0 spiro atoms. The van der Waals surface area contributed by atoms with Crippen molar-refractivity contribution in [3.63, 3.8) is 0 Å². The first-order valence-corrected chi connectivity index (χ1v) is 8.32. The van der Waals surface area contributed by atoms with E-state index in [0.29, 0.717) is 16.0 Å². The molecule has 2 rings (SSSR count). The first-order chi connectivity index (χ1) is 8.49. The van der Waals surface area contributed by atoms with Crippen LogP contribution in [0.4, 0.5) is 0 Å². The number of hydrogen-bond donors (Lipinski definition) is 2. The average molecular weight is 390 g/mol. The monoisotopic (exact) mass is 388 g/mol. The lowest BCUT2D eigenvalue weighted by Gasteiger charge is -2.23. The van der Waals surface area contributed by atoms with E-state index in [2.05, 4.69) is 26.0 Å². The largest absolute Gasteiger partial charge is 0.315 e. The van der Waals surface area contributed by atoms with E-state index in [1.807, 2.05) is 0 Å². The van der Waals surface area contributed by atoms with Gasteiger partial charge in [0, 0.05) is 22.1 Å². The Labute approximate surface area is 132 Å². The van der Waals surface area contributed by atoms with Gasteiger partial charge in [0.05, 0.1) is 4.90 Å². The lowest BCUT2D eigenvalue weighted by molar-refractivity contribution is 0.428. The summed E-state index contributed by atoms with van der Waals surface area (Å²) >= 11 is 9.03. The van der Waals surface area contributed by atoms with E-state index < -0.39 is 10.0 Å². The second-order valence-corrected chi connectivity index (χ2v) is 7.21. The van der Waals surface area contributed by atoms with Crippen LogP contribution in [0.1, 0.15) is 12.8 Å². The molecule has 1 aromatic carbocycles. The van der Waals surface area contributed by atoms with E-state index in [1.165, 1.54) is 6.07 Å². The Morgan fingerprint density at radius 2 is 2.16 bits per heavy atom. The van der Waals surface area contributed by atoms with Crippen molar-refractivity contribution in [2.45, 2.75) is 23.8 Å². The highest BCUT2D eigenvalue weighted by molar-refractivity contribution is 9.10. The van der Waals surface area contributed by atoms with Crippen LogP contribution in [0.25, 0.3) is 0 Å². The van der Waals surface area contributed by atoms with Crippen LogP contribution in [0.5, 0.6) is 0 Å². The van der Waals surface area contributed by atoms with Gasteiger partial charge in [-0.25, -0.2) is 13.1 Å². The van der Waals surface area contributed by atoms with Crippen molar-refractivity contribution in [2.24, 2.45) is 0 Å². The van der Waals surface area contributed by atoms with E-state index in [1.54, 1.807) is 12.1 Å². The average Bonchev–Trinajstić information content (AvgIpc) is 2.29. The summed E-state index contributed by atoms with van der Waals surface area (Å²) in [7, 11) is -3.50. The van der Waals surface area contributed by atoms with E-state index in [-0.39, 0.29) is 23.3 Å². The molecule has 4 nitrogen and oxygen atoms in total. The van der Waals surface area contributed by atoms with Gasteiger partial charge in [-0.2, -0.15) is 0 Å². The molecule has 0 saturated carbocycles. The van der Waals surface area contributed by atoms with Crippen molar-refractivity contribution in [3.8, 4) is 0 Å². The lowest BCUT2D eigenvalue weighted by atomic mass is 10.1. The lowest BCUT2D eigenvalue weighted by Crippen LogP contribution is -2.45. The second kappa shape index (κ2) is 7.24. The van der Waals surface area contributed by atoms with Crippen LogP contribution in [0.3, 0.4) is 0 Å². The number of benzene rings is 1. The van der Waals surface area contributed by atoms with Gasteiger partial charge in [-0.05, 0) is 53.5 Å². The van der Waals surface area contributed by atoms with Gasteiger partial charge in [0.15, 0.2) is 0 Å². The first kappa shape index (κ1) is 17.2. The van der Waals surface area contributed by atoms with Crippen LogP contribution < -0.4 is 10.0 Å². The standard InChI is InChI=1S/C11H14BrClN2O2S.ClH/c12-10-6-8(13)3-4-11(10)18(16,17)15-9-2-1-5-14-7-9;/h3-4,6,9,14-15H,1-2,5,7H2;1H. The molecule has 1 saturated heterocycles. The van der Waals surface area contributed by atoms with E-state index >= 15 is 0 Å². The molecule has 1 aliphatic heterocycles. The SMILES string of the molecule is Cl.O=S(=O)(NC1CCCNC1)c1ccc(Cl)cc1Br. The molecule has 108 valence electrons. The van der Waals surface area contributed by atoms with Crippen LogP contribution in [0.15, 0.2) is 27.6 Å². The summed E-state index contributed by atoms with van der Waals surface area (Å²) in [6.45, 7) is 1.62. The molecule has 1 unspecified atom stereocenters.